The summed E-state index contributed by atoms with van der Waals surface area (Å²) in [6.45, 7) is 2.16. The van der Waals surface area contributed by atoms with Gasteiger partial charge in [-0.1, -0.05) is 47.7 Å². The number of amides is 1. The summed E-state index contributed by atoms with van der Waals surface area (Å²) in [4.78, 5) is 22.3. The molecule has 2 heterocycles. The molecular formula is C28H30N4O3S2. The first-order valence-electron chi connectivity index (χ1n) is 12.3. The maximum atomic E-state index is 13.6. The summed E-state index contributed by atoms with van der Waals surface area (Å²) < 4.78 is 29.2. The number of carbonyl (C=O) groups is 1. The minimum absolute atomic E-state index is 0.186. The van der Waals surface area contributed by atoms with Crippen LogP contribution in [0.2, 0.25) is 0 Å². The zero-order valence-electron chi connectivity index (χ0n) is 21.0. The Labute approximate surface area is 222 Å². The second kappa shape index (κ2) is 10.7. The van der Waals surface area contributed by atoms with Crippen molar-refractivity contribution in [2.24, 2.45) is 0 Å². The van der Waals surface area contributed by atoms with E-state index in [1.54, 1.807) is 29.2 Å². The van der Waals surface area contributed by atoms with E-state index in [0.29, 0.717) is 36.8 Å². The zero-order valence-corrected chi connectivity index (χ0v) is 22.6. The number of sulfonamides is 1. The van der Waals surface area contributed by atoms with Crippen LogP contribution in [-0.4, -0.2) is 62.2 Å². The van der Waals surface area contributed by atoms with Crippen molar-refractivity contribution in [3.63, 3.8) is 0 Å². The third-order valence-electron chi connectivity index (χ3n) is 6.58. The van der Waals surface area contributed by atoms with Crippen LogP contribution in [0, 0.1) is 0 Å². The molecule has 1 aliphatic rings. The molecule has 0 unspecified atom stereocenters. The van der Waals surface area contributed by atoms with Crippen molar-refractivity contribution < 1.29 is 13.2 Å². The largest absolute Gasteiger partial charge is 0.309 e. The number of benzene rings is 3. The zero-order chi connectivity index (χ0) is 26.0. The van der Waals surface area contributed by atoms with Crippen LogP contribution in [0.15, 0.2) is 77.7 Å². The van der Waals surface area contributed by atoms with Crippen molar-refractivity contribution in [2.45, 2.75) is 24.3 Å². The summed E-state index contributed by atoms with van der Waals surface area (Å²) in [7, 11) is 0.340. The Kier molecular flexibility index (Phi) is 7.39. The fraction of sp³-hybridized carbons (Fsp3) is 0.286. The van der Waals surface area contributed by atoms with Crippen LogP contribution >= 0.6 is 11.3 Å². The second-order valence-electron chi connectivity index (χ2n) is 9.46. The molecule has 0 atom stereocenters. The van der Waals surface area contributed by atoms with Gasteiger partial charge in [0, 0.05) is 25.2 Å². The third-order valence-corrected chi connectivity index (χ3v) is 9.50. The molecule has 1 amide bonds. The molecule has 0 bridgehead atoms. The number of nitrogens with zero attached hydrogens (tertiary/aromatic N) is 4. The molecule has 0 radical (unpaired) electrons. The van der Waals surface area contributed by atoms with Crippen LogP contribution < -0.4 is 4.90 Å². The van der Waals surface area contributed by atoms with E-state index in [1.165, 1.54) is 21.2 Å². The molecule has 5 rings (SSSR count). The monoisotopic (exact) mass is 534 g/mol. The molecule has 3 aromatic carbocycles. The van der Waals surface area contributed by atoms with Gasteiger partial charge < -0.3 is 4.90 Å². The lowest BCUT2D eigenvalue weighted by Crippen LogP contribution is -2.36. The van der Waals surface area contributed by atoms with Gasteiger partial charge in [-0.3, -0.25) is 9.69 Å². The lowest BCUT2D eigenvalue weighted by Gasteiger charge is -2.28. The maximum absolute atomic E-state index is 13.6. The number of rotatable bonds is 8. The van der Waals surface area contributed by atoms with E-state index >= 15 is 0 Å². The van der Waals surface area contributed by atoms with Gasteiger partial charge in [0.1, 0.15) is 0 Å². The summed E-state index contributed by atoms with van der Waals surface area (Å²) in [6, 6.07) is 22.1. The number of thiazole rings is 1. The Morgan fingerprint density at radius 1 is 0.946 bits per heavy atom. The number of fused-ring (bicyclic) bond motifs is 2. The van der Waals surface area contributed by atoms with Gasteiger partial charge in [-0.2, -0.15) is 4.31 Å². The Bertz CT molecular complexity index is 1480. The van der Waals surface area contributed by atoms with Crippen molar-refractivity contribution in [1.29, 1.82) is 0 Å². The Hall–Kier alpha value is -3.11. The number of hydrogen-bond donors (Lipinski definition) is 0. The van der Waals surface area contributed by atoms with Crippen LogP contribution in [-0.2, 0) is 23.0 Å². The average molecular weight is 535 g/mol. The molecule has 9 heteroatoms. The van der Waals surface area contributed by atoms with E-state index < -0.39 is 10.0 Å². The highest BCUT2D eigenvalue weighted by molar-refractivity contribution is 7.89. The highest BCUT2D eigenvalue weighted by Crippen LogP contribution is 2.30. The third kappa shape index (κ3) is 5.45. The van der Waals surface area contributed by atoms with E-state index in [-0.39, 0.29) is 10.8 Å². The van der Waals surface area contributed by atoms with E-state index in [0.717, 1.165) is 28.7 Å². The van der Waals surface area contributed by atoms with E-state index in [1.807, 2.05) is 56.6 Å². The maximum Gasteiger partial charge on any atom is 0.260 e. The Balaban J connectivity index is 1.38. The molecule has 1 aromatic heterocycles. The molecule has 0 fully saturated rings. The quantitative estimate of drug-likeness (QED) is 0.329. The number of hydrogen-bond acceptors (Lipinski definition) is 6. The van der Waals surface area contributed by atoms with Gasteiger partial charge in [0.25, 0.3) is 5.91 Å². The summed E-state index contributed by atoms with van der Waals surface area (Å²) in [5.41, 5.74) is 3.52. The van der Waals surface area contributed by atoms with Crippen molar-refractivity contribution >= 4 is 42.6 Å². The first kappa shape index (κ1) is 25.5. The molecule has 192 valence electrons. The first-order chi connectivity index (χ1) is 17.8. The molecule has 4 aromatic rings. The van der Waals surface area contributed by atoms with Crippen LogP contribution in [0.1, 0.15) is 27.9 Å². The predicted molar refractivity (Wildman–Crippen MR) is 149 cm³/mol. The normalized spacial score (nSPS) is 14.1. The lowest BCUT2D eigenvalue weighted by molar-refractivity contribution is 0.0986. The summed E-state index contributed by atoms with van der Waals surface area (Å²) in [5, 5.41) is 0.647. The second-order valence-corrected chi connectivity index (χ2v) is 12.4. The molecule has 37 heavy (non-hydrogen) atoms. The molecule has 0 saturated heterocycles. The lowest BCUT2D eigenvalue weighted by atomic mass is 10.0. The van der Waals surface area contributed by atoms with Gasteiger partial charge in [-0.05, 0) is 81.0 Å². The van der Waals surface area contributed by atoms with Gasteiger partial charge in [0.15, 0.2) is 5.13 Å². The van der Waals surface area contributed by atoms with Crippen molar-refractivity contribution in [3.05, 3.63) is 89.5 Å². The van der Waals surface area contributed by atoms with Crippen molar-refractivity contribution in [3.8, 4) is 0 Å². The fourth-order valence-corrected chi connectivity index (χ4v) is 6.96. The van der Waals surface area contributed by atoms with Gasteiger partial charge >= 0.3 is 0 Å². The van der Waals surface area contributed by atoms with E-state index in [9.17, 15) is 13.2 Å². The van der Waals surface area contributed by atoms with Gasteiger partial charge in [0.05, 0.1) is 15.1 Å². The molecule has 0 aliphatic carbocycles. The molecule has 0 saturated carbocycles. The van der Waals surface area contributed by atoms with Crippen molar-refractivity contribution in [2.75, 3.05) is 38.6 Å². The summed E-state index contributed by atoms with van der Waals surface area (Å²) in [5.74, 6) is -0.186. The molecule has 0 N–H and O–H groups in total. The highest BCUT2D eigenvalue weighted by atomic mass is 32.2. The smallest absolute Gasteiger partial charge is 0.260 e. The van der Waals surface area contributed by atoms with Gasteiger partial charge in [0.2, 0.25) is 10.0 Å². The van der Waals surface area contributed by atoms with Crippen LogP contribution in [0.5, 0.6) is 0 Å². The number of para-hydroxylation sites is 1. The van der Waals surface area contributed by atoms with E-state index in [4.69, 9.17) is 4.98 Å². The number of aromatic nitrogens is 1. The minimum atomic E-state index is -3.67. The summed E-state index contributed by atoms with van der Waals surface area (Å²) in [6.07, 6.45) is 1.48. The van der Waals surface area contributed by atoms with Crippen molar-refractivity contribution in [1.82, 2.24) is 14.2 Å². The Morgan fingerprint density at radius 3 is 2.38 bits per heavy atom. The fourth-order valence-electron chi connectivity index (χ4n) is 4.55. The molecule has 1 aliphatic heterocycles. The highest BCUT2D eigenvalue weighted by Gasteiger charge is 2.29. The predicted octanol–water partition coefficient (Wildman–Crippen LogP) is 4.64. The molecular weight excluding hydrogens is 504 g/mol. The first-order valence-corrected chi connectivity index (χ1v) is 14.6. The van der Waals surface area contributed by atoms with Gasteiger partial charge in [-0.25, -0.2) is 13.4 Å². The van der Waals surface area contributed by atoms with Crippen LogP contribution in [0.3, 0.4) is 0 Å². The van der Waals surface area contributed by atoms with Crippen LogP contribution in [0.4, 0.5) is 5.13 Å². The molecule has 7 nitrogen and oxygen atoms in total. The van der Waals surface area contributed by atoms with Gasteiger partial charge in [-0.15, -0.1) is 0 Å². The minimum Gasteiger partial charge on any atom is -0.309 e. The average Bonchev–Trinajstić information content (AvgIpc) is 3.34. The molecule has 0 spiro atoms. The Morgan fingerprint density at radius 2 is 1.65 bits per heavy atom. The summed E-state index contributed by atoms with van der Waals surface area (Å²) >= 11 is 1.49. The topological polar surface area (TPSA) is 73.8 Å². The van der Waals surface area contributed by atoms with E-state index in [2.05, 4.69) is 11.0 Å². The number of carbonyl (C=O) groups excluding carboxylic acids is 1. The number of anilines is 1. The van der Waals surface area contributed by atoms with Crippen LogP contribution in [0.25, 0.3) is 10.2 Å². The standard InChI is InChI=1S/C28H30N4O3S2/c1-30(2)17-7-18-32(28-29-25-10-5-6-11-26(25)36-28)27(33)22-12-14-24(15-13-22)37(34,35)31-19-16-21-8-3-4-9-23(21)20-31/h3-6,8-15H,7,16-20H2,1-2H3. The SMILES string of the molecule is CN(C)CCCN(C(=O)c1ccc(S(=O)(=O)N2CCc3ccccc3C2)cc1)c1nc2ccccc2s1.